The molecule has 5 aromatic rings. The van der Waals surface area contributed by atoms with E-state index in [1.165, 1.54) is 0 Å². The number of hydrogen-bond donors (Lipinski definition) is 1. The van der Waals surface area contributed by atoms with E-state index in [1.54, 1.807) is 27.7 Å². The van der Waals surface area contributed by atoms with Crippen LogP contribution in [0.4, 0.5) is 10.8 Å². The standard InChI is InChI=1S/C24H24N6OS2/c1-16(2)12-13-29-21(31)19-10-6-7-11-20(19)30-23(29)27-28-24(30)33-15-18-14-32-22(26-18)25-17-8-4-3-5-9-17/h3-11,14,16H,12-13,15H2,1-2H3,(H,25,26). The summed E-state index contributed by atoms with van der Waals surface area (Å²) >= 11 is 3.15. The minimum Gasteiger partial charge on any atom is -0.332 e. The van der Waals surface area contributed by atoms with Crippen molar-refractivity contribution < 1.29 is 0 Å². The lowest BCUT2D eigenvalue weighted by Gasteiger charge is -2.12. The molecule has 0 aliphatic heterocycles. The number of hydrogen-bond acceptors (Lipinski definition) is 7. The Morgan fingerprint density at radius 3 is 2.67 bits per heavy atom. The minimum absolute atomic E-state index is 0.0150. The topological polar surface area (TPSA) is 77.1 Å². The average molecular weight is 477 g/mol. The molecule has 0 amide bonds. The second-order valence-electron chi connectivity index (χ2n) is 8.20. The number of nitrogens with zero attached hydrogens (tertiary/aromatic N) is 5. The van der Waals surface area contributed by atoms with Crippen LogP contribution in [0, 0.1) is 5.92 Å². The molecule has 0 aliphatic carbocycles. The highest BCUT2D eigenvalue weighted by atomic mass is 32.2. The van der Waals surface area contributed by atoms with Gasteiger partial charge in [-0.2, -0.15) is 0 Å². The van der Waals surface area contributed by atoms with Crippen molar-refractivity contribution in [2.24, 2.45) is 5.92 Å². The molecule has 3 aromatic heterocycles. The summed E-state index contributed by atoms with van der Waals surface area (Å²) in [7, 11) is 0. The fourth-order valence-corrected chi connectivity index (χ4v) is 5.30. The molecule has 2 aromatic carbocycles. The van der Waals surface area contributed by atoms with Crippen LogP contribution in [0.2, 0.25) is 0 Å². The first-order valence-corrected chi connectivity index (χ1v) is 12.7. The Hall–Kier alpha value is -3.17. The Kier molecular flexibility index (Phi) is 6.15. The van der Waals surface area contributed by atoms with Gasteiger partial charge < -0.3 is 5.32 Å². The van der Waals surface area contributed by atoms with Crippen molar-refractivity contribution in [2.75, 3.05) is 5.32 Å². The largest absolute Gasteiger partial charge is 0.332 e. The van der Waals surface area contributed by atoms with Gasteiger partial charge in [0.1, 0.15) is 0 Å². The molecule has 0 unspecified atom stereocenters. The van der Waals surface area contributed by atoms with Crippen LogP contribution in [0.25, 0.3) is 16.7 Å². The van der Waals surface area contributed by atoms with Gasteiger partial charge >= 0.3 is 0 Å². The third-order valence-corrected chi connectivity index (χ3v) is 7.10. The predicted molar refractivity (Wildman–Crippen MR) is 136 cm³/mol. The van der Waals surface area contributed by atoms with Crippen LogP contribution in [-0.2, 0) is 12.3 Å². The molecule has 0 saturated carbocycles. The smallest absolute Gasteiger partial charge is 0.262 e. The Labute approximate surface area is 199 Å². The van der Waals surface area contributed by atoms with E-state index >= 15 is 0 Å². The summed E-state index contributed by atoms with van der Waals surface area (Å²) < 4.78 is 3.75. The van der Waals surface area contributed by atoms with E-state index in [0.717, 1.165) is 33.6 Å². The molecule has 9 heteroatoms. The van der Waals surface area contributed by atoms with Crippen molar-refractivity contribution in [3.8, 4) is 0 Å². The molecule has 0 spiro atoms. The van der Waals surface area contributed by atoms with Gasteiger partial charge in [0.2, 0.25) is 5.78 Å². The zero-order valence-electron chi connectivity index (χ0n) is 18.4. The van der Waals surface area contributed by atoms with Gasteiger partial charge in [-0.15, -0.1) is 21.5 Å². The van der Waals surface area contributed by atoms with Gasteiger partial charge in [-0.3, -0.25) is 13.8 Å². The van der Waals surface area contributed by atoms with E-state index in [2.05, 4.69) is 34.7 Å². The van der Waals surface area contributed by atoms with Crippen molar-refractivity contribution in [3.63, 3.8) is 0 Å². The van der Waals surface area contributed by atoms with Crippen molar-refractivity contribution in [1.82, 2.24) is 24.1 Å². The predicted octanol–water partition coefficient (Wildman–Crippen LogP) is 5.58. The lowest BCUT2D eigenvalue weighted by atomic mass is 10.1. The van der Waals surface area contributed by atoms with Gasteiger partial charge in [0.15, 0.2) is 10.3 Å². The lowest BCUT2D eigenvalue weighted by Crippen LogP contribution is -2.24. The zero-order chi connectivity index (χ0) is 22.8. The number of para-hydroxylation sites is 2. The van der Waals surface area contributed by atoms with Crippen LogP contribution in [0.15, 0.2) is 69.9 Å². The summed E-state index contributed by atoms with van der Waals surface area (Å²) in [6.45, 7) is 4.93. The molecule has 33 heavy (non-hydrogen) atoms. The first-order valence-electron chi connectivity index (χ1n) is 10.9. The highest BCUT2D eigenvalue weighted by molar-refractivity contribution is 7.98. The van der Waals surface area contributed by atoms with Crippen molar-refractivity contribution in [2.45, 2.75) is 37.7 Å². The maximum atomic E-state index is 13.2. The van der Waals surface area contributed by atoms with Gasteiger partial charge in [0.05, 0.1) is 16.6 Å². The first-order chi connectivity index (χ1) is 16.1. The number of thiazole rings is 1. The lowest BCUT2D eigenvalue weighted by molar-refractivity contribution is 0.512. The highest BCUT2D eigenvalue weighted by Crippen LogP contribution is 2.27. The molecule has 5 rings (SSSR count). The summed E-state index contributed by atoms with van der Waals surface area (Å²) in [5.41, 5.74) is 2.80. The van der Waals surface area contributed by atoms with Gasteiger partial charge in [0.25, 0.3) is 5.56 Å². The summed E-state index contributed by atoms with van der Waals surface area (Å²) in [6, 6.07) is 17.7. The summed E-state index contributed by atoms with van der Waals surface area (Å²) in [5, 5.41) is 16.5. The Morgan fingerprint density at radius 1 is 1.06 bits per heavy atom. The molecule has 0 radical (unpaired) electrons. The molecule has 1 N–H and O–H groups in total. The quantitative estimate of drug-likeness (QED) is 0.295. The fraction of sp³-hybridized carbons (Fsp3) is 0.250. The molecule has 0 aliphatic rings. The van der Waals surface area contributed by atoms with Crippen LogP contribution in [0.5, 0.6) is 0 Å². The molecule has 0 saturated heterocycles. The summed E-state index contributed by atoms with van der Waals surface area (Å²) in [6.07, 6.45) is 0.902. The van der Waals surface area contributed by atoms with Crippen molar-refractivity contribution in [3.05, 3.63) is 76.0 Å². The van der Waals surface area contributed by atoms with E-state index < -0.39 is 0 Å². The molecule has 0 atom stereocenters. The number of nitrogens with one attached hydrogen (secondary N) is 1. The molecule has 168 valence electrons. The van der Waals surface area contributed by atoms with E-state index in [9.17, 15) is 4.79 Å². The molecule has 7 nitrogen and oxygen atoms in total. The maximum absolute atomic E-state index is 13.2. The van der Waals surface area contributed by atoms with Crippen LogP contribution >= 0.6 is 23.1 Å². The van der Waals surface area contributed by atoms with Crippen LogP contribution in [-0.4, -0.2) is 24.1 Å². The number of aromatic nitrogens is 5. The normalized spacial score (nSPS) is 11.6. The van der Waals surface area contributed by atoms with Crippen LogP contribution in [0.1, 0.15) is 26.0 Å². The molecular weight excluding hydrogens is 452 g/mol. The van der Waals surface area contributed by atoms with E-state index in [4.69, 9.17) is 4.98 Å². The second-order valence-corrected chi connectivity index (χ2v) is 10.00. The summed E-state index contributed by atoms with van der Waals surface area (Å²) in [5.74, 6) is 1.74. The third kappa shape index (κ3) is 4.51. The molecular formula is C24H24N6OS2. The SMILES string of the molecule is CC(C)CCn1c(=O)c2ccccc2n2c(SCc3csc(Nc4ccccc4)n3)nnc12. The number of rotatable bonds is 8. The van der Waals surface area contributed by atoms with Gasteiger partial charge in [-0.25, -0.2) is 4.98 Å². The average Bonchev–Trinajstić information content (AvgIpc) is 3.45. The van der Waals surface area contributed by atoms with E-state index in [0.29, 0.717) is 29.4 Å². The number of anilines is 2. The Morgan fingerprint density at radius 2 is 1.85 bits per heavy atom. The van der Waals surface area contributed by atoms with E-state index in [-0.39, 0.29) is 5.56 Å². The maximum Gasteiger partial charge on any atom is 0.262 e. The highest BCUT2D eigenvalue weighted by Gasteiger charge is 2.17. The van der Waals surface area contributed by atoms with Crippen LogP contribution in [0.3, 0.4) is 0 Å². The molecule has 0 bridgehead atoms. The summed E-state index contributed by atoms with van der Waals surface area (Å²) in [4.78, 5) is 17.9. The fourth-order valence-electron chi connectivity index (χ4n) is 3.63. The molecule has 3 heterocycles. The zero-order valence-corrected chi connectivity index (χ0v) is 20.1. The third-order valence-electron chi connectivity index (χ3n) is 5.33. The van der Waals surface area contributed by atoms with Crippen molar-refractivity contribution in [1.29, 1.82) is 0 Å². The van der Waals surface area contributed by atoms with Gasteiger partial charge in [0, 0.05) is 23.4 Å². The van der Waals surface area contributed by atoms with E-state index in [1.807, 2.05) is 59.0 Å². The number of fused-ring (bicyclic) bond motifs is 3. The number of thioether (sulfide) groups is 1. The monoisotopic (exact) mass is 476 g/mol. The first kappa shape index (κ1) is 21.7. The Bertz CT molecular complexity index is 1450. The van der Waals surface area contributed by atoms with Gasteiger partial charge in [-0.05, 0) is 36.6 Å². The number of benzene rings is 2. The number of aryl methyl sites for hydroxylation is 1. The van der Waals surface area contributed by atoms with Crippen molar-refractivity contribution >= 4 is 50.6 Å². The Balaban J connectivity index is 1.44. The van der Waals surface area contributed by atoms with Crippen LogP contribution < -0.4 is 10.9 Å². The second kappa shape index (κ2) is 9.36. The van der Waals surface area contributed by atoms with Gasteiger partial charge in [-0.1, -0.05) is 55.9 Å². The minimum atomic E-state index is -0.0150. The molecule has 0 fully saturated rings.